The lowest BCUT2D eigenvalue weighted by Gasteiger charge is -2.37. The number of piperidine rings is 1. The van der Waals surface area contributed by atoms with E-state index in [4.69, 9.17) is 4.74 Å². The molecular formula is C18H21NO3. The highest BCUT2D eigenvalue weighted by Gasteiger charge is 2.38. The second-order valence-corrected chi connectivity index (χ2v) is 5.96. The van der Waals surface area contributed by atoms with E-state index in [0.717, 1.165) is 24.8 Å². The highest BCUT2D eigenvalue weighted by atomic mass is 16.6. The molecule has 1 aliphatic carbocycles. The lowest BCUT2D eigenvalue weighted by molar-refractivity contribution is -0.115. The standard InChI is InChI=1S/C18H21NO3/c1-2-17(20)15-10-8-13-9-11-16(15)19(12-13)18(21)22-14-6-4-3-5-7-14/h3-7,10,13,16H,2,8-9,11-12H2,1H3. The predicted molar refractivity (Wildman–Crippen MR) is 83.7 cm³/mol. The van der Waals surface area contributed by atoms with Crippen LogP contribution in [0.3, 0.4) is 0 Å². The monoisotopic (exact) mass is 299 g/mol. The Kier molecular flexibility index (Phi) is 4.27. The van der Waals surface area contributed by atoms with Gasteiger partial charge in [-0.25, -0.2) is 4.79 Å². The first-order chi connectivity index (χ1) is 10.7. The molecule has 2 aliphatic heterocycles. The van der Waals surface area contributed by atoms with E-state index in [1.807, 2.05) is 31.2 Å². The van der Waals surface area contributed by atoms with Gasteiger partial charge in [-0.15, -0.1) is 0 Å². The number of amides is 1. The summed E-state index contributed by atoms with van der Waals surface area (Å²) in [5.74, 6) is 1.12. The Bertz CT molecular complexity index is 594. The summed E-state index contributed by atoms with van der Waals surface area (Å²) in [5, 5.41) is 0. The van der Waals surface area contributed by atoms with Crippen molar-refractivity contribution >= 4 is 11.9 Å². The van der Waals surface area contributed by atoms with Crippen molar-refractivity contribution < 1.29 is 14.3 Å². The van der Waals surface area contributed by atoms with Gasteiger partial charge in [0.15, 0.2) is 5.78 Å². The van der Waals surface area contributed by atoms with E-state index < -0.39 is 0 Å². The maximum Gasteiger partial charge on any atom is 0.415 e. The molecular weight excluding hydrogens is 278 g/mol. The second kappa shape index (κ2) is 6.34. The van der Waals surface area contributed by atoms with Crippen molar-refractivity contribution in [2.75, 3.05) is 6.54 Å². The summed E-state index contributed by atoms with van der Waals surface area (Å²) in [7, 11) is 0. The van der Waals surface area contributed by atoms with Crippen molar-refractivity contribution in [3.05, 3.63) is 42.0 Å². The third-order valence-electron chi connectivity index (χ3n) is 4.54. The summed E-state index contributed by atoms with van der Waals surface area (Å²) in [6.45, 7) is 2.54. The second-order valence-electron chi connectivity index (χ2n) is 5.96. The van der Waals surface area contributed by atoms with Gasteiger partial charge in [0.05, 0.1) is 6.04 Å². The fraction of sp³-hybridized carbons (Fsp3) is 0.444. The lowest BCUT2D eigenvalue weighted by atomic mass is 9.91. The predicted octanol–water partition coefficient (Wildman–Crippen LogP) is 3.58. The number of Topliss-reactive ketones (excluding diaryl/α,β-unsaturated/α-hetero) is 1. The first kappa shape index (κ1) is 14.8. The van der Waals surface area contributed by atoms with E-state index in [2.05, 4.69) is 0 Å². The number of nitrogens with zero attached hydrogens (tertiary/aromatic N) is 1. The normalized spacial score (nSPS) is 23.7. The molecule has 2 atom stereocenters. The summed E-state index contributed by atoms with van der Waals surface area (Å²) < 4.78 is 5.47. The maximum atomic E-state index is 12.5. The molecule has 0 saturated carbocycles. The van der Waals surface area contributed by atoms with Crippen molar-refractivity contribution in [3.63, 3.8) is 0 Å². The quantitative estimate of drug-likeness (QED) is 0.857. The molecule has 1 saturated heterocycles. The van der Waals surface area contributed by atoms with Crippen LogP contribution in [-0.2, 0) is 4.79 Å². The van der Waals surface area contributed by atoms with Crippen LogP contribution < -0.4 is 4.74 Å². The minimum absolute atomic E-state index is 0.123. The Morgan fingerprint density at radius 2 is 2.00 bits per heavy atom. The smallest absolute Gasteiger partial charge is 0.410 e. The average Bonchev–Trinajstić information content (AvgIpc) is 2.87. The van der Waals surface area contributed by atoms with Crippen LogP contribution >= 0.6 is 0 Å². The summed E-state index contributed by atoms with van der Waals surface area (Å²) in [6, 6.07) is 8.96. The van der Waals surface area contributed by atoms with Crippen LogP contribution in [0.15, 0.2) is 42.0 Å². The molecule has 1 fully saturated rings. The summed E-state index contributed by atoms with van der Waals surface area (Å²) in [4.78, 5) is 26.5. The van der Waals surface area contributed by atoms with Gasteiger partial charge in [-0.2, -0.15) is 0 Å². The molecule has 0 N–H and O–H groups in total. The number of ketones is 1. The van der Waals surface area contributed by atoms with Gasteiger partial charge in [0.2, 0.25) is 0 Å². The number of ether oxygens (including phenoxy) is 1. The number of allylic oxidation sites excluding steroid dienone is 1. The van der Waals surface area contributed by atoms with Gasteiger partial charge in [-0.05, 0) is 37.3 Å². The molecule has 4 heteroatoms. The molecule has 4 nitrogen and oxygen atoms in total. The third kappa shape index (κ3) is 2.91. The lowest BCUT2D eigenvalue weighted by Crippen LogP contribution is -2.48. The Morgan fingerprint density at radius 1 is 1.23 bits per heavy atom. The van der Waals surface area contributed by atoms with E-state index in [0.29, 0.717) is 24.6 Å². The van der Waals surface area contributed by atoms with E-state index in [1.165, 1.54) is 0 Å². The van der Waals surface area contributed by atoms with E-state index in [1.54, 1.807) is 17.0 Å². The van der Waals surface area contributed by atoms with Crippen molar-refractivity contribution in [2.24, 2.45) is 5.92 Å². The minimum atomic E-state index is -0.349. The number of hydrogen-bond acceptors (Lipinski definition) is 3. The van der Waals surface area contributed by atoms with Gasteiger partial charge in [0.25, 0.3) is 0 Å². The molecule has 1 aromatic carbocycles. The fourth-order valence-corrected chi connectivity index (χ4v) is 3.35. The van der Waals surface area contributed by atoms with Crippen LogP contribution in [0.4, 0.5) is 4.79 Å². The van der Waals surface area contributed by atoms with Crippen LogP contribution in [0.2, 0.25) is 0 Å². The Labute approximate surface area is 130 Å². The molecule has 22 heavy (non-hydrogen) atoms. The number of carbonyl (C=O) groups is 2. The zero-order chi connectivity index (χ0) is 15.5. The van der Waals surface area contributed by atoms with Gasteiger partial charge in [-0.1, -0.05) is 31.2 Å². The summed E-state index contributed by atoms with van der Waals surface area (Å²) in [5.41, 5.74) is 0.799. The van der Waals surface area contributed by atoms with Crippen LogP contribution in [0, 0.1) is 5.92 Å². The van der Waals surface area contributed by atoms with Crippen LogP contribution in [0.25, 0.3) is 0 Å². The van der Waals surface area contributed by atoms with E-state index in [-0.39, 0.29) is 17.9 Å². The fourth-order valence-electron chi connectivity index (χ4n) is 3.35. The first-order valence-electron chi connectivity index (χ1n) is 7.95. The third-order valence-corrected chi connectivity index (χ3v) is 4.54. The molecule has 0 spiro atoms. The van der Waals surface area contributed by atoms with Gasteiger partial charge in [-0.3, -0.25) is 4.79 Å². The zero-order valence-electron chi connectivity index (χ0n) is 12.8. The summed E-state index contributed by atoms with van der Waals surface area (Å²) in [6.07, 6.45) is 4.98. The molecule has 0 aromatic heterocycles. The van der Waals surface area contributed by atoms with Gasteiger partial charge < -0.3 is 9.64 Å². The Hall–Kier alpha value is -2.10. The molecule has 1 amide bonds. The van der Waals surface area contributed by atoms with E-state index in [9.17, 15) is 9.59 Å². The molecule has 1 aromatic rings. The molecule has 2 bridgehead atoms. The van der Waals surface area contributed by atoms with Gasteiger partial charge in [0.1, 0.15) is 5.75 Å². The Balaban J connectivity index is 1.80. The Morgan fingerprint density at radius 3 is 2.73 bits per heavy atom. The van der Waals surface area contributed by atoms with Crippen LogP contribution in [-0.4, -0.2) is 29.4 Å². The zero-order valence-corrected chi connectivity index (χ0v) is 12.8. The van der Waals surface area contributed by atoms with E-state index >= 15 is 0 Å². The molecule has 116 valence electrons. The largest absolute Gasteiger partial charge is 0.415 e. The van der Waals surface area contributed by atoms with Crippen molar-refractivity contribution in [1.29, 1.82) is 0 Å². The SMILES string of the molecule is CCC(=O)C1=CCC2CCC1N(C(=O)Oc1ccccc1)C2. The van der Waals surface area contributed by atoms with Crippen LogP contribution in [0.5, 0.6) is 5.75 Å². The van der Waals surface area contributed by atoms with Crippen molar-refractivity contribution in [1.82, 2.24) is 4.90 Å². The average molecular weight is 299 g/mol. The maximum absolute atomic E-state index is 12.5. The minimum Gasteiger partial charge on any atom is -0.410 e. The molecule has 2 heterocycles. The van der Waals surface area contributed by atoms with Crippen molar-refractivity contribution in [3.8, 4) is 5.75 Å². The number of para-hydroxylation sites is 1. The van der Waals surface area contributed by atoms with Gasteiger partial charge in [0, 0.05) is 18.5 Å². The highest BCUT2D eigenvalue weighted by molar-refractivity contribution is 5.97. The first-order valence-corrected chi connectivity index (χ1v) is 7.95. The van der Waals surface area contributed by atoms with Crippen molar-refractivity contribution in [2.45, 2.75) is 38.6 Å². The highest BCUT2D eigenvalue weighted by Crippen LogP contribution is 2.34. The number of carbonyl (C=O) groups excluding carboxylic acids is 2. The molecule has 4 rings (SSSR count). The topological polar surface area (TPSA) is 46.6 Å². The van der Waals surface area contributed by atoms with Gasteiger partial charge >= 0.3 is 6.09 Å². The number of hydrogen-bond donors (Lipinski definition) is 0. The molecule has 3 aliphatic rings. The number of benzene rings is 1. The van der Waals surface area contributed by atoms with Crippen LogP contribution in [0.1, 0.15) is 32.6 Å². The number of fused-ring (bicyclic) bond motifs is 3. The molecule has 2 unspecified atom stereocenters. The molecule has 0 radical (unpaired) electrons. The summed E-state index contributed by atoms with van der Waals surface area (Å²) >= 11 is 0. The number of rotatable bonds is 3.